The number of ether oxygens (including phenoxy) is 1. The normalized spacial score (nSPS) is 21.2. The summed E-state index contributed by atoms with van der Waals surface area (Å²) < 4.78 is 19.4. The summed E-state index contributed by atoms with van der Waals surface area (Å²) in [5.41, 5.74) is 6.43. The molecule has 1 heterocycles. The van der Waals surface area contributed by atoms with Crippen LogP contribution in [0.25, 0.3) is 0 Å². The summed E-state index contributed by atoms with van der Waals surface area (Å²) in [4.78, 5) is 2.27. The Bertz CT molecular complexity index is 538. The molecule has 0 atom stereocenters. The molecule has 0 spiro atoms. The molecule has 2 rings (SSSR count). The number of amidine groups is 1. The number of halogens is 1. The van der Waals surface area contributed by atoms with E-state index in [1.807, 2.05) is 0 Å². The van der Waals surface area contributed by atoms with E-state index < -0.39 is 0 Å². The average molecular weight is 293 g/mol. The van der Waals surface area contributed by atoms with E-state index in [9.17, 15) is 4.39 Å². The van der Waals surface area contributed by atoms with Crippen LogP contribution < -0.4 is 5.73 Å². The molecule has 0 aromatic heterocycles. The summed E-state index contributed by atoms with van der Waals surface area (Å²) in [6.45, 7) is 10.5. The third-order valence-corrected chi connectivity index (χ3v) is 3.52. The Kier molecular flexibility index (Phi) is 4.08. The van der Waals surface area contributed by atoms with Crippen LogP contribution in [0, 0.1) is 11.2 Å². The molecule has 3 N–H and O–H groups in total. The van der Waals surface area contributed by atoms with Gasteiger partial charge in [-0.2, -0.15) is 0 Å². The molecule has 0 bridgehead atoms. The van der Waals surface area contributed by atoms with E-state index in [1.165, 1.54) is 12.1 Å². The highest BCUT2D eigenvalue weighted by Gasteiger charge is 2.38. The second-order valence-corrected chi connectivity index (χ2v) is 6.98. The molecule has 1 aliphatic rings. The van der Waals surface area contributed by atoms with Gasteiger partial charge in [-0.1, -0.05) is 6.07 Å². The first-order valence-electron chi connectivity index (χ1n) is 7.13. The lowest BCUT2D eigenvalue weighted by Crippen LogP contribution is -2.56. The number of nitrogens with one attached hydrogen (secondary N) is 1. The van der Waals surface area contributed by atoms with Gasteiger partial charge in [0.05, 0.1) is 11.2 Å². The monoisotopic (exact) mass is 293 g/mol. The van der Waals surface area contributed by atoms with Gasteiger partial charge in [-0.15, -0.1) is 0 Å². The van der Waals surface area contributed by atoms with Crippen molar-refractivity contribution in [1.29, 1.82) is 5.41 Å². The third kappa shape index (κ3) is 4.02. The zero-order chi connectivity index (χ0) is 15.8. The molecule has 21 heavy (non-hydrogen) atoms. The first-order chi connectivity index (χ1) is 9.58. The Morgan fingerprint density at radius 3 is 2.38 bits per heavy atom. The van der Waals surface area contributed by atoms with E-state index in [2.05, 4.69) is 32.6 Å². The number of hydrogen-bond donors (Lipinski definition) is 2. The summed E-state index contributed by atoms with van der Waals surface area (Å²) in [6.07, 6.45) is 0. The molecule has 5 heteroatoms. The third-order valence-electron chi connectivity index (χ3n) is 3.52. The van der Waals surface area contributed by atoms with Crippen LogP contribution in [0.2, 0.25) is 0 Å². The van der Waals surface area contributed by atoms with Gasteiger partial charge in [-0.3, -0.25) is 10.3 Å². The van der Waals surface area contributed by atoms with Crippen LogP contribution in [0.15, 0.2) is 18.2 Å². The van der Waals surface area contributed by atoms with Crippen LogP contribution in [0.4, 0.5) is 4.39 Å². The predicted octanol–water partition coefficient (Wildman–Crippen LogP) is 2.50. The predicted molar refractivity (Wildman–Crippen MR) is 81.9 cm³/mol. The minimum absolute atomic E-state index is 0.101. The summed E-state index contributed by atoms with van der Waals surface area (Å²) in [6, 6.07) is 4.45. The smallest absolute Gasteiger partial charge is 0.123 e. The number of benzene rings is 1. The molecule has 1 aromatic carbocycles. The topological polar surface area (TPSA) is 62.3 Å². The van der Waals surface area contributed by atoms with Crippen LogP contribution in [0.1, 0.15) is 38.8 Å². The van der Waals surface area contributed by atoms with Crippen LogP contribution >= 0.6 is 0 Å². The van der Waals surface area contributed by atoms with E-state index in [-0.39, 0.29) is 22.9 Å². The Labute approximate surface area is 125 Å². The van der Waals surface area contributed by atoms with E-state index >= 15 is 0 Å². The zero-order valence-corrected chi connectivity index (χ0v) is 13.2. The lowest BCUT2D eigenvalue weighted by Gasteiger charge is -2.47. The van der Waals surface area contributed by atoms with Gasteiger partial charge in [0.1, 0.15) is 11.7 Å². The van der Waals surface area contributed by atoms with Crippen molar-refractivity contribution >= 4 is 5.84 Å². The van der Waals surface area contributed by atoms with Gasteiger partial charge in [-0.05, 0) is 45.4 Å². The van der Waals surface area contributed by atoms with Crippen molar-refractivity contribution in [3.05, 3.63) is 35.1 Å². The lowest BCUT2D eigenvalue weighted by atomic mass is 9.97. The van der Waals surface area contributed by atoms with Gasteiger partial charge < -0.3 is 10.5 Å². The van der Waals surface area contributed by atoms with Gasteiger partial charge >= 0.3 is 0 Å². The Morgan fingerprint density at radius 2 is 1.86 bits per heavy atom. The maximum absolute atomic E-state index is 13.3. The Hall–Kier alpha value is -1.46. The summed E-state index contributed by atoms with van der Waals surface area (Å²) in [5.74, 6) is -0.470. The molecule has 4 nitrogen and oxygen atoms in total. The fraction of sp³-hybridized carbons (Fsp3) is 0.562. The number of morpholine rings is 1. The van der Waals surface area contributed by atoms with E-state index in [0.29, 0.717) is 12.1 Å². The number of hydrogen-bond acceptors (Lipinski definition) is 3. The average Bonchev–Trinajstić information content (AvgIpc) is 2.27. The van der Waals surface area contributed by atoms with Crippen LogP contribution in [-0.2, 0) is 11.3 Å². The van der Waals surface area contributed by atoms with Crippen LogP contribution in [0.5, 0.6) is 0 Å². The van der Waals surface area contributed by atoms with Gasteiger partial charge in [0.2, 0.25) is 0 Å². The molecular weight excluding hydrogens is 269 g/mol. The molecule has 1 saturated heterocycles. The maximum atomic E-state index is 13.3. The Morgan fingerprint density at radius 1 is 1.29 bits per heavy atom. The van der Waals surface area contributed by atoms with Crippen molar-refractivity contribution in [2.24, 2.45) is 5.73 Å². The highest BCUT2D eigenvalue weighted by Crippen LogP contribution is 2.29. The van der Waals surface area contributed by atoms with Crippen LogP contribution in [-0.4, -0.2) is 35.0 Å². The summed E-state index contributed by atoms with van der Waals surface area (Å²) >= 11 is 0. The first-order valence-corrected chi connectivity index (χ1v) is 7.13. The minimum atomic E-state index is -0.369. The zero-order valence-electron chi connectivity index (χ0n) is 13.2. The summed E-state index contributed by atoms with van der Waals surface area (Å²) in [5, 5.41) is 7.61. The van der Waals surface area contributed by atoms with Crippen molar-refractivity contribution in [2.75, 3.05) is 13.1 Å². The molecule has 1 aromatic rings. The second-order valence-electron chi connectivity index (χ2n) is 6.98. The number of nitrogens with two attached hydrogens (primary N) is 1. The minimum Gasteiger partial charge on any atom is -0.384 e. The molecule has 1 fully saturated rings. The standard InChI is InChI=1S/C16H24FN3O/c1-15(2)9-20(10-16(3,4)21-15)8-11-5-6-12(17)7-13(11)14(18)19/h5-7H,8-10H2,1-4H3,(H3,18,19). The molecular formula is C16H24FN3O. The number of rotatable bonds is 3. The molecule has 116 valence electrons. The first kappa shape index (κ1) is 15.9. The van der Waals surface area contributed by atoms with Gasteiger partial charge in [0, 0.05) is 25.2 Å². The van der Waals surface area contributed by atoms with Gasteiger partial charge in [0.15, 0.2) is 0 Å². The molecule has 0 unspecified atom stereocenters. The van der Waals surface area contributed by atoms with Crippen molar-refractivity contribution < 1.29 is 9.13 Å². The molecule has 0 amide bonds. The lowest BCUT2D eigenvalue weighted by molar-refractivity contribution is -0.182. The molecule has 1 aliphatic heterocycles. The largest absolute Gasteiger partial charge is 0.384 e. The second kappa shape index (κ2) is 5.39. The number of nitrogen functional groups attached to an aromatic ring is 1. The SMILES string of the molecule is CC1(C)CN(Cc2ccc(F)cc2C(=N)N)CC(C)(C)O1. The summed E-state index contributed by atoms with van der Waals surface area (Å²) in [7, 11) is 0. The fourth-order valence-corrected chi connectivity index (χ4v) is 3.24. The van der Waals surface area contributed by atoms with E-state index in [1.54, 1.807) is 6.07 Å². The highest BCUT2D eigenvalue weighted by atomic mass is 19.1. The fourth-order valence-electron chi connectivity index (χ4n) is 3.24. The van der Waals surface area contributed by atoms with Crippen molar-refractivity contribution in [3.63, 3.8) is 0 Å². The van der Waals surface area contributed by atoms with Crippen molar-refractivity contribution in [1.82, 2.24) is 4.90 Å². The molecule has 0 saturated carbocycles. The molecule has 0 radical (unpaired) electrons. The quantitative estimate of drug-likeness (QED) is 0.665. The van der Waals surface area contributed by atoms with Gasteiger partial charge in [0.25, 0.3) is 0 Å². The van der Waals surface area contributed by atoms with Crippen molar-refractivity contribution in [3.8, 4) is 0 Å². The van der Waals surface area contributed by atoms with Crippen LogP contribution in [0.3, 0.4) is 0 Å². The van der Waals surface area contributed by atoms with E-state index in [0.717, 1.165) is 18.7 Å². The Balaban J connectivity index is 2.24. The highest BCUT2D eigenvalue weighted by molar-refractivity contribution is 5.96. The van der Waals surface area contributed by atoms with Gasteiger partial charge in [-0.25, -0.2) is 4.39 Å². The number of nitrogens with zero attached hydrogens (tertiary/aromatic N) is 1. The maximum Gasteiger partial charge on any atom is 0.123 e. The molecule has 0 aliphatic carbocycles. The van der Waals surface area contributed by atoms with E-state index in [4.69, 9.17) is 15.9 Å². The van der Waals surface area contributed by atoms with Crippen molar-refractivity contribution in [2.45, 2.75) is 45.4 Å².